The monoisotopic (exact) mass is 708 g/mol. The number of allylic oxidation sites excluding steroid dienone is 2. The summed E-state index contributed by atoms with van der Waals surface area (Å²) in [5.41, 5.74) is -1.63. The van der Waals surface area contributed by atoms with Gasteiger partial charge in [-0.1, -0.05) is 48.6 Å². The van der Waals surface area contributed by atoms with Crippen LogP contribution in [0.5, 0.6) is 11.5 Å². The maximum Gasteiger partial charge on any atom is 0.573 e. The maximum absolute atomic E-state index is 15.2. The molecule has 0 aliphatic heterocycles. The molecule has 0 N–H and O–H groups in total. The van der Waals surface area contributed by atoms with Gasteiger partial charge in [-0.3, -0.25) is 0 Å². The van der Waals surface area contributed by atoms with Crippen molar-refractivity contribution < 1.29 is 57.8 Å². The first-order chi connectivity index (χ1) is 23.6. The Kier molecular flexibility index (Phi) is 10.3. The molecule has 0 aromatic heterocycles. The van der Waals surface area contributed by atoms with Crippen molar-refractivity contribution in [2.75, 3.05) is 0 Å². The SMILES string of the molecule is CC=CCCc1ccc(-c2ccc(-c3cc(F)c(C(F)(F)Oc4ccc(-c5cc(F)c(OC(F)(F)F)c(F)c5)c(F)c4)c(F)c3)c(F)c2)cc1. The predicted molar refractivity (Wildman–Crippen MR) is 163 cm³/mol. The number of rotatable bonds is 10. The highest BCUT2D eigenvalue weighted by atomic mass is 19.4. The summed E-state index contributed by atoms with van der Waals surface area (Å²) in [5.74, 6) is -12.4. The van der Waals surface area contributed by atoms with Gasteiger partial charge in [-0.05, 0) is 90.0 Å². The minimum atomic E-state index is -5.43. The molecule has 0 saturated heterocycles. The van der Waals surface area contributed by atoms with Crippen molar-refractivity contribution in [3.05, 3.63) is 143 Å². The van der Waals surface area contributed by atoms with E-state index in [1.165, 1.54) is 12.1 Å². The van der Waals surface area contributed by atoms with Gasteiger partial charge >= 0.3 is 12.5 Å². The van der Waals surface area contributed by atoms with Crippen molar-refractivity contribution >= 4 is 0 Å². The molecule has 0 saturated carbocycles. The topological polar surface area (TPSA) is 18.5 Å². The first kappa shape index (κ1) is 36.0. The molecule has 5 aromatic rings. The van der Waals surface area contributed by atoms with Gasteiger partial charge < -0.3 is 9.47 Å². The van der Waals surface area contributed by atoms with Crippen molar-refractivity contribution in [1.29, 1.82) is 0 Å². The summed E-state index contributed by atoms with van der Waals surface area (Å²) in [7, 11) is 0. The second-order valence-corrected chi connectivity index (χ2v) is 10.9. The normalized spacial score (nSPS) is 12.1. The zero-order valence-electron chi connectivity index (χ0n) is 25.6. The number of benzene rings is 5. The zero-order valence-corrected chi connectivity index (χ0v) is 25.6. The Morgan fingerprint density at radius 1 is 0.540 bits per heavy atom. The minimum absolute atomic E-state index is 0.283. The summed E-state index contributed by atoms with van der Waals surface area (Å²) >= 11 is 0. The van der Waals surface area contributed by atoms with E-state index in [0.29, 0.717) is 53.6 Å². The van der Waals surface area contributed by atoms with Crippen LogP contribution in [-0.2, 0) is 12.5 Å². The quantitative estimate of drug-likeness (QED) is 0.106. The first-order valence-corrected chi connectivity index (χ1v) is 14.7. The average Bonchev–Trinajstić information content (AvgIpc) is 3.02. The third kappa shape index (κ3) is 8.10. The van der Waals surface area contributed by atoms with Crippen LogP contribution in [0.1, 0.15) is 24.5 Å². The van der Waals surface area contributed by atoms with Crippen LogP contribution in [-0.4, -0.2) is 6.36 Å². The molecule has 260 valence electrons. The lowest BCUT2D eigenvalue weighted by molar-refractivity contribution is -0.276. The number of hydrogen-bond acceptors (Lipinski definition) is 2. The molecule has 13 heteroatoms. The number of ether oxygens (including phenoxy) is 2. The summed E-state index contributed by atoms with van der Waals surface area (Å²) in [6.07, 6.45) is -4.54. The lowest BCUT2D eigenvalue weighted by Gasteiger charge is -2.20. The van der Waals surface area contributed by atoms with Crippen molar-refractivity contribution in [3.8, 4) is 44.9 Å². The lowest BCUT2D eigenvalue weighted by atomic mass is 9.97. The average molecular weight is 709 g/mol. The first-order valence-electron chi connectivity index (χ1n) is 14.7. The van der Waals surface area contributed by atoms with Crippen LogP contribution in [0.4, 0.5) is 48.3 Å². The van der Waals surface area contributed by atoms with E-state index in [0.717, 1.165) is 24.5 Å². The Hall–Kier alpha value is -5.33. The van der Waals surface area contributed by atoms with Gasteiger partial charge in [-0.2, -0.15) is 8.78 Å². The summed E-state index contributed by atoms with van der Waals surface area (Å²) in [6, 6.07) is 14.5. The van der Waals surface area contributed by atoms with Crippen LogP contribution in [0, 0.1) is 34.9 Å². The largest absolute Gasteiger partial charge is 0.573 e. The van der Waals surface area contributed by atoms with E-state index in [4.69, 9.17) is 0 Å². The summed E-state index contributed by atoms with van der Waals surface area (Å²) in [5, 5.41) is 0. The Balaban J connectivity index is 1.35. The number of alkyl halides is 5. The van der Waals surface area contributed by atoms with Crippen LogP contribution >= 0.6 is 0 Å². The molecule has 0 atom stereocenters. The lowest BCUT2D eigenvalue weighted by Crippen LogP contribution is -2.25. The highest BCUT2D eigenvalue weighted by Gasteiger charge is 2.41. The Labute approximate surface area is 278 Å². The second kappa shape index (κ2) is 14.3. The molecular formula is C37H23F11O2. The van der Waals surface area contributed by atoms with Gasteiger partial charge in [-0.15, -0.1) is 13.2 Å². The highest BCUT2D eigenvalue weighted by molar-refractivity contribution is 5.72. The fourth-order valence-electron chi connectivity index (χ4n) is 5.14. The summed E-state index contributed by atoms with van der Waals surface area (Å²) in [6.45, 7) is 1.92. The van der Waals surface area contributed by atoms with E-state index in [1.807, 2.05) is 31.2 Å². The van der Waals surface area contributed by atoms with Gasteiger partial charge in [0.25, 0.3) is 0 Å². The number of halogens is 11. The maximum atomic E-state index is 15.2. The predicted octanol–water partition coefficient (Wildman–Crippen LogP) is 12.1. The van der Waals surface area contributed by atoms with Crippen molar-refractivity contribution in [2.45, 2.75) is 32.2 Å². The van der Waals surface area contributed by atoms with Crippen LogP contribution in [0.3, 0.4) is 0 Å². The van der Waals surface area contributed by atoms with Gasteiger partial charge in [0.2, 0.25) is 5.75 Å². The third-order valence-electron chi connectivity index (χ3n) is 7.45. The summed E-state index contributed by atoms with van der Waals surface area (Å²) in [4.78, 5) is 0. The molecule has 0 fully saturated rings. The van der Waals surface area contributed by atoms with E-state index < -0.39 is 81.1 Å². The van der Waals surface area contributed by atoms with Gasteiger partial charge in [0, 0.05) is 17.2 Å². The summed E-state index contributed by atoms with van der Waals surface area (Å²) < 4.78 is 163. The van der Waals surface area contributed by atoms with Crippen LogP contribution in [0.25, 0.3) is 33.4 Å². The van der Waals surface area contributed by atoms with Crippen molar-refractivity contribution in [1.82, 2.24) is 0 Å². The van der Waals surface area contributed by atoms with Gasteiger partial charge in [0.15, 0.2) is 11.6 Å². The highest BCUT2D eigenvalue weighted by Crippen LogP contribution is 2.40. The van der Waals surface area contributed by atoms with Crippen LogP contribution in [0.2, 0.25) is 0 Å². The molecule has 2 nitrogen and oxygen atoms in total. The van der Waals surface area contributed by atoms with E-state index >= 15 is 22.0 Å². The molecule has 0 amide bonds. The molecule has 0 radical (unpaired) electrons. The van der Waals surface area contributed by atoms with Gasteiger partial charge in [0.1, 0.15) is 34.6 Å². The van der Waals surface area contributed by atoms with Gasteiger partial charge in [0.05, 0.1) is 0 Å². The zero-order chi connectivity index (χ0) is 36.4. The van der Waals surface area contributed by atoms with E-state index in [2.05, 4.69) is 9.47 Å². The van der Waals surface area contributed by atoms with Gasteiger partial charge in [-0.25, -0.2) is 26.3 Å². The standard InChI is InChI=1S/C37H23F11O2/c1-2-3-4-5-20-6-8-21(9-7-20)22-10-12-26(28(38)14-22)23-15-30(40)34(31(41)16-23)36(44,45)49-25-11-13-27(29(39)19-25)24-17-32(42)35(33(43)18-24)50-37(46,47)48/h2-3,6-19H,4-5H2,1H3. The Morgan fingerprint density at radius 2 is 1.04 bits per heavy atom. The molecule has 0 heterocycles. The molecule has 0 aliphatic carbocycles. The van der Waals surface area contributed by atoms with E-state index in [1.54, 1.807) is 12.1 Å². The number of aryl methyl sites for hydroxylation is 1. The molecule has 5 aromatic carbocycles. The van der Waals surface area contributed by atoms with Crippen molar-refractivity contribution in [3.63, 3.8) is 0 Å². The smallest absolute Gasteiger partial charge is 0.429 e. The third-order valence-corrected chi connectivity index (χ3v) is 7.45. The molecule has 0 unspecified atom stereocenters. The fraction of sp³-hybridized carbons (Fsp3) is 0.135. The molecule has 0 bridgehead atoms. The Morgan fingerprint density at radius 3 is 1.56 bits per heavy atom. The Bertz CT molecular complexity index is 2010. The minimum Gasteiger partial charge on any atom is -0.429 e. The molecule has 0 aliphatic rings. The van der Waals surface area contributed by atoms with E-state index in [9.17, 15) is 26.3 Å². The van der Waals surface area contributed by atoms with E-state index in [-0.39, 0.29) is 5.56 Å². The van der Waals surface area contributed by atoms with Crippen molar-refractivity contribution in [2.24, 2.45) is 0 Å². The number of hydrogen-bond donors (Lipinski definition) is 0. The fourth-order valence-corrected chi connectivity index (χ4v) is 5.14. The molecule has 5 rings (SSSR count). The second-order valence-electron chi connectivity index (χ2n) is 10.9. The molecule has 0 spiro atoms. The van der Waals surface area contributed by atoms with Crippen LogP contribution < -0.4 is 9.47 Å². The molecule has 50 heavy (non-hydrogen) atoms. The van der Waals surface area contributed by atoms with Crippen LogP contribution in [0.15, 0.2) is 97.1 Å². The molecular weight excluding hydrogens is 685 g/mol.